The molecule has 1 fully saturated rings. The Morgan fingerprint density at radius 3 is 1.52 bits per heavy atom. The monoisotopic (exact) mass is 391 g/mol. The Morgan fingerprint density at radius 2 is 1.09 bits per heavy atom. The first-order valence-corrected chi connectivity index (χ1v) is 10.3. The molecule has 1 saturated heterocycles. The first kappa shape index (κ1) is 23.4. The summed E-state index contributed by atoms with van der Waals surface area (Å²) in [6, 6.07) is 0. The Balaban J connectivity index is 0.00000484. The van der Waals surface area contributed by atoms with Gasteiger partial charge in [-0.15, -0.1) is 0 Å². The average Bonchev–Trinajstić information content (AvgIpc) is 2.57. The van der Waals surface area contributed by atoms with Crippen molar-refractivity contribution in [2.24, 2.45) is 0 Å². The van der Waals surface area contributed by atoms with Crippen molar-refractivity contribution in [1.82, 2.24) is 0 Å². The normalized spacial score (nSPS) is 17.0. The summed E-state index contributed by atoms with van der Waals surface area (Å²) in [5.41, 5.74) is 0. The van der Waals surface area contributed by atoms with Gasteiger partial charge in [0.25, 0.3) is 0 Å². The minimum absolute atomic E-state index is 0. The van der Waals surface area contributed by atoms with Gasteiger partial charge in [-0.3, -0.25) is 0 Å². The van der Waals surface area contributed by atoms with E-state index < -0.39 is 0 Å². The highest BCUT2D eigenvalue weighted by atomic mass is 79.9. The highest BCUT2D eigenvalue weighted by Crippen LogP contribution is 2.15. The maximum Gasteiger partial charge on any atom is 0.102 e. The van der Waals surface area contributed by atoms with Crippen LogP contribution in [0.25, 0.3) is 0 Å². The first-order chi connectivity index (χ1) is 10.8. The quantitative estimate of drug-likeness (QED) is 0.326. The summed E-state index contributed by atoms with van der Waals surface area (Å²) < 4.78 is 6.84. The van der Waals surface area contributed by atoms with Crippen LogP contribution in [0.5, 0.6) is 0 Å². The molecule has 0 aliphatic carbocycles. The number of halogens is 1. The van der Waals surface area contributed by atoms with E-state index in [9.17, 15) is 0 Å². The summed E-state index contributed by atoms with van der Waals surface area (Å²) in [6.07, 6.45) is 17.4. The Labute approximate surface area is 156 Å². The largest absolute Gasteiger partial charge is 1.00 e. The topological polar surface area (TPSA) is 9.23 Å². The highest BCUT2D eigenvalue weighted by molar-refractivity contribution is 4.52. The number of hydrogen-bond donors (Lipinski definition) is 0. The molecule has 0 atom stereocenters. The molecular formula is C20H42BrNO. The minimum Gasteiger partial charge on any atom is -1.00 e. The highest BCUT2D eigenvalue weighted by Gasteiger charge is 2.27. The molecule has 0 aromatic carbocycles. The van der Waals surface area contributed by atoms with Crippen molar-refractivity contribution in [1.29, 1.82) is 0 Å². The number of nitrogens with zero attached hydrogens (tertiary/aromatic N) is 1. The van der Waals surface area contributed by atoms with Gasteiger partial charge in [0.15, 0.2) is 0 Å². The summed E-state index contributed by atoms with van der Waals surface area (Å²) in [5.74, 6) is 0. The van der Waals surface area contributed by atoms with Crippen LogP contribution in [-0.2, 0) is 4.74 Å². The number of quaternary nitrogens is 1. The van der Waals surface area contributed by atoms with Gasteiger partial charge in [-0.1, -0.05) is 71.1 Å². The van der Waals surface area contributed by atoms with Crippen LogP contribution in [-0.4, -0.2) is 43.9 Å². The fraction of sp³-hybridized carbons (Fsp3) is 1.00. The molecule has 0 bridgehead atoms. The SMILES string of the molecule is CCCCCCCCCCCCCC[N+]1(CC)CCOCC1.[Br-]. The van der Waals surface area contributed by atoms with Crippen LogP contribution in [0.1, 0.15) is 90.9 Å². The summed E-state index contributed by atoms with van der Waals surface area (Å²) >= 11 is 0. The second kappa shape index (κ2) is 15.9. The molecule has 1 aliphatic rings. The van der Waals surface area contributed by atoms with Gasteiger partial charge in [-0.2, -0.15) is 0 Å². The molecule has 0 spiro atoms. The summed E-state index contributed by atoms with van der Waals surface area (Å²) in [6.45, 7) is 11.8. The Morgan fingerprint density at radius 1 is 0.652 bits per heavy atom. The molecule has 23 heavy (non-hydrogen) atoms. The molecule has 0 amide bonds. The smallest absolute Gasteiger partial charge is 0.102 e. The molecule has 1 aliphatic heterocycles. The molecule has 0 unspecified atom stereocenters. The van der Waals surface area contributed by atoms with Crippen molar-refractivity contribution < 1.29 is 26.2 Å². The molecule has 2 nitrogen and oxygen atoms in total. The minimum atomic E-state index is 0. The van der Waals surface area contributed by atoms with E-state index in [4.69, 9.17) is 4.74 Å². The van der Waals surface area contributed by atoms with Gasteiger partial charge in [-0.05, 0) is 19.8 Å². The number of hydrogen-bond acceptors (Lipinski definition) is 1. The molecule has 140 valence electrons. The molecule has 1 rings (SSSR count). The maximum atomic E-state index is 5.52. The fourth-order valence-corrected chi connectivity index (χ4v) is 3.72. The Hall–Kier alpha value is 0.400. The van der Waals surface area contributed by atoms with Gasteiger partial charge < -0.3 is 26.2 Å². The van der Waals surface area contributed by atoms with Crippen molar-refractivity contribution in [3.05, 3.63) is 0 Å². The van der Waals surface area contributed by atoms with E-state index in [0.717, 1.165) is 13.2 Å². The Kier molecular flexibility index (Phi) is 16.2. The van der Waals surface area contributed by atoms with Crippen molar-refractivity contribution in [2.75, 3.05) is 39.4 Å². The molecule has 0 saturated carbocycles. The molecule has 0 radical (unpaired) electrons. The van der Waals surface area contributed by atoms with E-state index in [1.165, 1.54) is 108 Å². The van der Waals surface area contributed by atoms with Crippen LogP contribution in [0.2, 0.25) is 0 Å². The van der Waals surface area contributed by atoms with Crippen LogP contribution in [0.4, 0.5) is 0 Å². The van der Waals surface area contributed by atoms with Crippen LogP contribution in [0, 0.1) is 0 Å². The lowest BCUT2D eigenvalue weighted by molar-refractivity contribution is -0.933. The summed E-state index contributed by atoms with van der Waals surface area (Å²) in [7, 11) is 0. The third-order valence-electron chi connectivity index (χ3n) is 5.58. The number of rotatable bonds is 14. The predicted molar refractivity (Wildman–Crippen MR) is 97.3 cm³/mol. The molecule has 0 aromatic rings. The van der Waals surface area contributed by atoms with Crippen molar-refractivity contribution in [3.8, 4) is 0 Å². The molecule has 1 heterocycles. The lowest BCUT2D eigenvalue weighted by Crippen LogP contribution is -3.00. The predicted octanol–water partition coefficient (Wildman–Crippen LogP) is 2.56. The molecule has 0 aromatic heterocycles. The van der Waals surface area contributed by atoms with Crippen LogP contribution < -0.4 is 17.0 Å². The van der Waals surface area contributed by atoms with Gasteiger partial charge >= 0.3 is 0 Å². The van der Waals surface area contributed by atoms with E-state index in [1.807, 2.05) is 0 Å². The van der Waals surface area contributed by atoms with Crippen LogP contribution in [0.3, 0.4) is 0 Å². The zero-order chi connectivity index (χ0) is 15.9. The van der Waals surface area contributed by atoms with E-state index >= 15 is 0 Å². The lowest BCUT2D eigenvalue weighted by atomic mass is 10.0. The maximum absolute atomic E-state index is 5.52. The average molecular weight is 392 g/mol. The van der Waals surface area contributed by atoms with E-state index in [-0.39, 0.29) is 17.0 Å². The fourth-order valence-electron chi connectivity index (χ4n) is 3.72. The van der Waals surface area contributed by atoms with Crippen LogP contribution in [0.15, 0.2) is 0 Å². The van der Waals surface area contributed by atoms with E-state index in [0.29, 0.717) is 0 Å². The standard InChI is InChI=1S/C20H42NO.BrH/c1-3-5-6-7-8-9-10-11-12-13-14-15-16-21(4-2)17-19-22-20-18-21;/h3-20H2,1-2H3;1H/q+1;/p-1. The van der Waals surface area contributed by atoms with Gasteiger partial charge in [0, 0.05) is 0 Å². The van der Waals surface area contributed by atoms with Crippen molar-refractivity contribution in [3.63, 3.8) is 0 Å². The molecule has 3 heteroatoms. The number of morpholine rings is 1. The lowest BCUT2D eigenvalue weighted by Gasteiger charge is -2.40. The van der Waals surface area contributed by atoms with E-state index in [1.54, 1.807) is 0 Å². The Bertz CT molecular complexity index is 242. The van der Waals surface area contributed by atoms with E-state index in [2.05, 4.69) is 13.8 Å². The number of ether oxygens (including phenoxy) is 1. The zero-order valence-electron chi connectivity index (χ0n) is 16.0. The second-order valence-electron chi connectivity index (χ2n) is 7.33. The second-order valence-corrected chi connectivity index (χ2v) is 7.33. The molecule has 0 N–H and O–H groups in total. The van der Waals surface area contributed by atoms with Gasteiger partial charge in [0.2, 0.25) is 0 Å². The van der Waals surface area contributed by atoms with Gasteiger partial charge in [0.05, 0.1) is 26.3 Å². The van der Waals surface area contributed by atoms with Crippen molar-refractivity contribution >= 4 is 0 Å². The zero-order valence-corrected chi connectivity index (χ0v) is 17.5. The first-order valence-electron chi connectivity index (χ1n) is 10.3. The number of unbranched alkanes of at least 4 members (excludes halogenated alkanes) is 11. The number of likely N-dealkylation sites (N-methyl/N-ethyl adjacent to an activating group) is 1. The summed E-state index contributed by atoms with van der Waals surface area (Å²) in [5, 5.41) is 0. The van der Waals surface area contributed by atoms with Gasteiger partial charge in [-0.25, -0.2) is 0 Å². The summed E-state index contributed by atoms with van der Waals surface area (Å²) in [4.78, 5) is 0. The molecular weight excluding hydrogens is 350 g/mol. The third-order valence-corrected chi connectivity index (χ3v) is 5.58. The van der Waals surface area contributed by atoms with Crippen molar-refractivity contribution in [2.45, 2.75) is 90.9 Å². The van der Waals surface area contributed by atoms with Crippen LogP contribution >= 0.6 is 0 Å². The van der Waals surface area contributed by atoms with Gasteiger partial charge in [0.1, 0.15) is 13.1 Å². The third kappa shape index (κ3) is 11.6.